The number of allylic oxidation sites excluding steroid dienone is 1. The molecule has 2 aromatic carbocycles. The Morgan fingerprint density at radius 3 is 2.43 bits per heavy atom. The zero-order valence-electron chi connectivity index (χ0n) is 13.5. The zero-order chi connectivity index (χ0) is 16.6. The number of rotatable bonds is 3. The van der Waals surface area contributed by atoms with Gasteiger partial charge in [-0.05, 0) is 25.5 Å². The molecule has 1 heterocycles. The lowest BCUT2D eigenvalue weighted by Crippen LogP contribution is -2.26. The summed E-state index contributed by atoms with van der Waals surface area (Å²) in [7, 11) is 2.00. The average molecular weight is 307 g/mol. The molecule has 2 aromatic rings. The maximum absolute atomic E-state index is 11.1. The van der Waals surface area contributed by atoms with Crippen molar-refractivity contribution in [3.8, 4) is 0 Å². The van der Waals surface area contributed by atoms with E-state index in [1.165, 1.54) is 0 Å². The van der Waals surface area contributed by atoms with E-state index in [2.05, 4.69) is 42.7 Å². The third-order valence-corrected chi connectivity index (χ3v) is 4.46. The summed E-state index contributed by atoms with van der Waals surface area (Å²) in [5.41, 5.74) is 4.12. The van der Waals surface area contributed by atoms with Crippen LogP contribution in [0.2, 0.25) is 0 Å². The second kappa shape index (κ2) is 5.47. The van der Waals surface area contributed by atoms with E-state index in [4.69, 9.17) is 0 Å². The highest BCUT2D eigenvalue weighted by Crippen LogP contribution is 2.41. The molecule has 0 spiro atoms. The Bertz CT molecular complexity index is 834. The second-order valence-electron chi connectivity index (χ2n) is 6.27. The summed E-state index contributed by atoms with van der Waals surface area (Å²) in [5.74, 6) is 0. The molecule has 4 nitrogen and oxygen atoms in total. The Balaban J connectivity index is 2.04. The second-order valence-corrected chi connectivity index (χ2v) is 6.27. The van der Waals surface area contributed by atoms with E-state index in [1.54, 1.807) is 12.1 Å². The summed E-state index contributed by atoms with van der Waals surface area (Å²) in [4.78, 5) is 10.7. The fourth-order valence-corrected chi connectivity index (χ4v) is 3.18. The lowest BCUT2D eigenvalue weighted by molar-refractivity contribution is -0.402. The molecular weight excluding hydrogens is 288 g/mol. The van der Waals surface area contributed by atoms with Crippen LogP contribution in [0.1, 0.15) is 25.0 Å². The summed E-state index contributed by atoms with van der Waals surface area (Å²) in [6.07, 6.45) is 4.18. The van der Waals surface area contributed by atoms with E-state index in [1.807, 2.05) is 31.3 Å². The van der Waals surface area contributed by atoms with Gasteiger partial charge in [0.05, 0.1) is 10.3 Å². The molecule has 0 atom stereocenters. The molecule has 0 radical (unpaired) electrons. The normalized spacial score (nSPS) is 16.0. The van der Waals surface area contributed by atoms with Crippen molar-refractivity contribution in [2.75, 3.05) is 7.05 Å². The number of nitro groups is 1. The number of benzene rings is 2. The first-order valence-corrected chi connectivity index (χ1v) is 7.54. The van der Waals surface area contributed by atoms with Crippen molar-refractivity contribution in [1.82, 2.24) is 0 Å². The molecule has 0 saturated carbocycles. The minimum atomic E-state index is -0.339. The fourth-order valence-electron chi connectivity index (χ4n) is 3.18. The molecule has 1 aliphatic heterocycles. The molecule has 0 bridgehead atoms. The van der Waals surface area contributed by atoms with E-state index in [9.17, 15) is 10.1 Å². The monoisotopic (exact) mass is 307 g/mol. The Morgan fingerprint density at radius 2 is 1.78 bits per heavy atom. The van der Waals surface area contributed by atoms with E-state index in [-0.39, 0.29) is 16.0 Å². The van der Waals surface area contributed by atoms with Crippen LogP contribution in [0.4, 0.5) is 11.4 Å². The van der Waals surface area contributed by atoms with Crippen LogP contribution in [0.5, 0.6) is 0 Å². The van der Waals surface area contributed by atoms with Crippen LogP contribution in [-0.4, -0.2) is 22.3 Å². The predicted molar refractivity (Wildman–Crippen MR) is 92.4 cm³/mol. The number of hydrogen-bond acceptors (Lipinski definition) is 2. The van der Waals surface area contributed by atoms with Gasteiger partial charge in [-0.3, -0.25) is 10.1 Å². The highest BCUT2D eigenvalue weighted by atomic mass is 16.6. The summed E-state index contributed by atoms with van der Waals surface area (Å²) < 4.78 is 2.11. The van der Waals surface area contributed by atoms with Gasteiger partial charge < -0.3 is 0 Å². The number of nitrogens with zero attached hydrogens (tertiary/aromatic N) is 2. The smallest absolute Gasteiger partial charge is 0.258 e. The van der Waals surface area contributed by atoms with Crippen LogP contribution in [0.15, 0.2) is 54.6 Å². The van der Waals surface area contributed by atoms with Crippen LogP contribution in [-0.2, 0) is 5.41 Å². The maximum atomic E-state index is 11.1. The van der Waals surface area contributed by atoms with Crippen molar-refractivity contribution in [2.45, 2.75) is 19.3 Å². The van der Waals surface area contributed by atoms with Crippen molar-refractivity contribution < 1.29 is 9.50 Å². The first-order chi connectivity index (χ1) is 10.9. The molecule has 23 heavy (non-hydrogen) atoms. The molecule has 0 saturated heterocycles. The van der Waals surface area contributed by atoms with Gasteiger partial charge in [-0.15, -0.1) is 0 Å². The van der Waals surface area contributed by atoms with Crippen molar-refractivity contribution in [2.24, 2.45) is 0 Å². The van der Waals surface area contributed by atoms with Crippen LogP contribution >= 0.6 is 0 Å². The van der Waals surface area contributed by atoms with E-state index >= 15 is 0 Å². The maximum Gasteiger partial charge on any atom is 0.270 e. The van der Waals surface area contributed by atoms with Crippen molar-refractivity contribution in [1.29, 1.82) is 0 Å². The Morgan fingerprint density at radius 1 is 1.09 bits per heavy atom. The summed E-state index contributed by atoms with van der Waals surface area (Å²) in [6, 6.07) is 15.2. The van der Waals surface area contributed by atoms with Crippen LogP contribution in [0.3, 0.4) is 0 Å². The first kappa shape index (κ1) is 15.2. The summed E-state index contributed by atoms with van der Waals surface area (Å²) in [5, 5.41) is 11.1. The van der Waals surface area contributed by atoms with Gasteiger partial charge in [-0.2, -0.15) is 4.58 Å². The Labute approximate surface area is 135 Å². The number of hydrogen-bond donors (Lipinski definition) is 0. The molecule has 0 unspecified atom stereocenters. The highest BCUT2D eigenvalue weighted by Gasteiger charge is 2.43. The fraction of sp³-hybridized carbons (Fsp3) is 0.211. The topological polar surface area (TPSA) is 46.1 Å². The van der Waals surface area contributed by atoms with Crippen molar-refractivity contribution in [3.63, 3.8) is 0 Å². The molecule has 0 N–H and O–H groups in total. The average Bonchev–Trinajstić information content (AvgIpc) is 2.73. The van der Waals surface area contributed by atoms with Crippen LogP contribution in [0.25, 0.3) is 6.08 Å². The summed E-state index contributed by atoms with van der Waals surface area (Å²) >= 11 is 0. The standard InChI is InChI=1S/C19H19N2O2/c1-19(2)16-13-15(21(22)23)10-11-17(16)20(3)18(19)12-9-14-7-5-4-6-8-14/h4-13H,1-3H3/q+1. The van der Waals surface area contributed by atoms with Gasteiger partial charge in [0.25, 0.3) is 5.69 Å². The van der Waals surface area contributed by atoms with Gasteiger partial charge in [0.2, 0.25) is 5.69 Å². The molecule has 0 aromatic heterocycles. The number of non-ortho nitro benzene ring substituents is 1. The lowest BCUT2D eigenvalue weighted by atomic mass is 9.81. The van der Waals surface area contributed by atoms with Crippen molar-refractivity contribution >= 4 is 23.2 Å². The van der Waals surface area contributed by atoms with Crippen LogP contribution in [0, 0.1) is 10.1 Å². The molecule has 4 heteroatoms. The van der Waals surface area contributed by atoms with Crippen LogP contribution < -0.4 is 0 Å². The van der Waals surface area contributed by atoms with E-state index in [0.29, 0.717) is 0 Å². The molecule has 0 fully saturated rings. The Kier molecular flexibility index (Phi) is 3.60. The molecule has 3 rings (SSSR count). The van der Waals surface area contributed by atoms with E-state index in [0.717, 1.165) is 22.5 Å². The molecule has 0 aliphatic carbocycles. The van der Waals surface area contributed by atoms with Crippen molar-refractivity contribution in [3.05, 3.63) is 75.8 Å². The predicted octanol–water partition coefficient (Wildman–Crippen LogP) is 4.31. The number of fused-ring (bicyclic) bond motifs is 1. The quantitative estimate of drug-likeness (QED) is 0.482. The summed E-state index contributed by atoms with van der Waals surface area (Å²) in [6.45, 7) is 4.20. The van der Waals surface area contributed by atoms with Gasteiger partial charge in [-0.1, -0.05) is 30.3 Å². The SMILES string of the molecule is C[N+]1=C(C=Cc2ccccc2)C(C)(C)c2cc([N+](=O)[O-])ccc21. The molecule has 0 amide bonds. The highest BCUT2D eigenvalue weighted by molar-refractivity contribution is 6.05. The first-order valence-electron chi connectivity index (χ1n) is 7.54. The van der Waals surface area contributed by atoms with Gasteiger partial charge >= 0.3 is 0 Å². The third kappa shape index (κ3) is 2.57. The van der Waals surface area contributed by atoms with Gasteiger partial charge in [-0.25, -0.2) is 0 Å². The molecule has 116 valence electrons. The van der Waals surface area contributed by atoms with Gasteiger partial charge in [0.15, 0.2) is 5.71 Å². The number of nitro benzene ring substituents is 1. The lowest BCUT2D eigenvalue weighted by Gasteiger charge is -2.15. The minimum Gasteiger partial charge on any atom is -0.258 e. The zero-order valence-corrected chi connectivity index (χ0v) is 13.5. The Hall–Kier alpha value is -2.75. The van der Waals surface area contributed by atoms with Gasteiger partial charge in [0.1, 0.15) is 7.05 Å². The largest absolute Gasteiger partial charge is 0.270 e. The van der Waals surface area contributed by atoms with Gasteiger partial charge in [0, 0.05) is 29.8 Å². The molecule has 1 aliphatic rings. The minimum absolute atomic E-state index is 0.138. The molecular formula is C19H19N2O2+. The third-order valence-electron chi connectivity index (χ3n) is 4.46. The van der Waals surface area contributed by atoms with E-state index < -0.39 is 0 Å².